The van der Waals surface area contributed by atoms with Gasteiger partial charge in [-0.3, -0.25) is 0 Å². The van der Waals surface area contributed by atoms with Crippen LogP contribution in [0, 0.1) is 0 Å². The summed E-state index contributed by atoms with van der Waals surface area (Å²) >= 11 is 7.33. The van der Waals surface area contributed by atoms with E-state index in [2.05, 4.69) is 15.3 Å². The lowest BCUT2D eigenvalue weighted by molar-refractivity contribution is 0.602. The maximum atomic E-state index is 11.4. The lowest BCUT2D eigenvalue weighted by Crippen LogP contribution is -2.21. The van der Waals surface area contributed by atoms with Crippen molar-refractivity contribution in [2.75, 3.05) is 16.8 Å². The van der Waals surface area contributed by atoms with Gasteiger partial charge in [-0.1, -0.05) is 0 Å². The number of aromatic nitrogens is 2. The standard InChI is InChI=1S/C10H10ClN3O2S2/c11-10-13-8(7-1-3-17-9(7)14-10)12-6-2-4-18(15,16)5-6/h1,3,6H,2,4-5H2,(H,12,13,14). The molecule has 0 aliphatic carbocycles. The molecule has 5 nitrogen and oxygen atoms in total. The van der Waals surface area contributed by atoms with Gasteiger partial charge in [0.15, 0.2) is 9.84 Å². The van der Waals surface area contributed by atoms with Gasteiger partial charge < -0.3 is 5.32 Å². The van der Waals surface area contributed by atoms with Crippen LogP contribution >= 0.6 is 22.9 Å². The SMILES string of the molecule is O=S1(=O)CCC(Nc2nc(Cl)nc3sccc23)C1. The van der Waals surface area contributed by atoms with Crippen molar-refractivity contribution in [3.8, 4) is 0 Å². The highest BCUT2D eigenvalue weighted by atomic mass is 35.5. The van der Waals surface area contributed by atoms with Crippen molar-refractivity contribution in [2.45, 2.75) is 12.5 Å². The number of rotatable bonds is 2. The van der Waals surface area contributed by atoms with Crippen molar-refractivity contribution in [3.63, 3.8) is 0 Å². The predicted molar refractivity (Wildman–Crippen MR) is 73.1 cm³/mol. The molecule has 0 saturated carbocycles. The van der Waals surface area contributed by atoms with Gasteiger partial charge in [0.2, 0.25) is 5.28 Å². The Labute approximate surface area is 113 Å². The van der Waals surface area contributed by atoms with Crippen LogP contribution in [0.4, 0.5) is 5.82 Å². The highest BCUT2D eigenvalue weighted by molar-refractivity contribution is 7.91. The number of anilines is 1. The predicted octanol–water partition coefficient (Wildman–Crippen LogP) is 1.94. The maximum absolute atomic E-state index is 11.4. The van der Waals surface area contributed by atoms with Crippen LogP contribution in [-0.2, 0) is 9.84 Å². The number of hydrogen-bond acceptors (Lipinski definition) is 6. The molecule has 1 N–H and O–H groups in total. The zero-order chi connectivity index (χ0) is 12.8. The zero-order valence-electron chi connectivity index (χ0n) is 9.26. The van der Waals surface area contributed by atoms with E-state index in [1.54, 1.807) is 0 Å². The molecule has 2 aromatic rings. The molecule has 18 heavy (non-hydrogen) atoms. The van der Waals surface area contributed by atoms with Gasteiger partial charge in [-0.05, 0) is 29.5 Å². The molecule has 0 bridgehead atoms. The Balaban J connectivity index is 1.93. The Morgan fingerprint density at radius 2 is 2.28 bits per heavy atom. The highest BCUT2D eigenvalue weighted by Crippen LogP contribution is 2.28. The summed E-state index contributed by atoms with van der Waals surface area (Å²) in [5, 5.41) is 6.12. The van der Waals surface area contributed by atoms with Gasteiger partial charge in [-0.15, -0.1) is 11.3 Å². The number of sulfone groups is 1. The summed E-state index contributed by atoms with van der Waals surface area (Å²) < 4.78 is 22.8. The average Bonchev–Trinajstić information content (AvgIpc) is 2.84. The Hall–Kier alpha value is -0.920. The topological polar surface area (TPSA) is 72.0 Å². The van der Waals surface area contributed by atoms with E-state index < -0.39 is 9.84 Å². The molecule has 1 aliphatic rings. The summed E-state index contributed by atoms with van der Waals surface area (Å²) in [5.41, 5.74) is 0. The Bertz CT molecular complexity index is 698. The Morgan fingerprint density at radius 3 is 3.00 bits per heavy atom. The molecule has 0 aromatic carbocycles. The summed E-state index contributed by atoms with van der Waals surface area (Å²) in [6, 6.07) is 1.81. The third kappa shape index (κ3) is 2.30. The lowest BCUT2D eigenvalue weighted by Gasteiger charge is -2.12. The fraction of sp³-hybridized carbons (Fsp3) is 0.400. The summed E-state index contributed by atoms with van der Waals surface area (Å²) in [6.07, 6.45) is 0.607. The van der Waals surface area contributed by atoms with Gasteiger partial charge in [0, 0.05) is 6.04 Å². The van der Waals surface area contributed by atoms with Gasteiger partial charge >= 0.3 is 0 Å². The van der Waals surface area contributed by atoms with E-state index in [4.69, 9.17) is 11.6 Å². The molecular formula is C10H10ClN3O2S2. The normalized spacial score (nSPS) is 22.4. The molecule has 3 heterocycles. The summed E-state index contributed by atoms with van der Waals surface area (Å²) in [4.78, 5) is 9.06. The van der Waals surface area contributed by atoms with E-state index in [1.807, 2.05) is 11.4 Å². The molecule has 1 unspecified atom stereocenters. The minimum Gasteiger partial charge on any atom is -0.366 e. The fourth-order valence-corrected chi connectivity index (χ4v) is 4.70. The molecule has 1 atom stereocenters. The van der Waals surface area contributed by atoms with Gasteiger partial charge in [0.05, 0.1) is 16.9 Å². The zero-order valence-corrected chi connectivity index (χ0v) is 11.6. The van der Waals surface area contributed by atoms with E-state index in [9.17, 15) is 8.42 Å². The number of thiophene rings is 1. The first kappa shape index (κ1) is 12.1. The van der Waals surface area contributed by atoms with Gasteiger partial charge in [-0.2, -0.15) is 0 Å². The van der Waals surface area contributed by atoms with Crippen molar-refractivity contribution in [1.29, 1.82) is 0 Å². The molecule has 0 spiro atoms. The largest absolute Gasteiger partial charge is 0.366 e. The number of hydrogen-bond donors (Lipinski definition) is 1. The van der Waals surface area contributed by atoms with Crippen molar-refractivity contribution >= 4 is 48.8 Å². The second kappa shape index (κ2) is 4.32. The smallest absolute Gasteiger partial charge is 0.225 e. The van der Waals surface area contributed by atoms with Crippen LogP contribution in [0.2, 0.25) is 5.28 Å². The third-order valence-corrected chi connectivity index (χ3v) is 5.61. The molecule has 1 saturated heterocycles. The molecule has 1 aliphatic heterocycles. The van der Waals surface area contributed by atoms with Crippen molar-refractivity contribution < 1.29 is 8.42 Å². The van der Waals surface area contributed by atoms with Crippen LogP contribution in [0.3, 0.4) is 0 Å². The molecule has 2 aromatic heterocycles. The summed E-state index contributed by atoms with van der Waals surface area (Å²) in [5.74, 6) is 1.00. The van der Waals surface area contributed by atoms with Crippen LogP contribution < -0.4 is 5.32 Å². The van der Waals surface area contributed by atoms with E-state index in [0.717, 1.165) is 10.2 Å². The molecule has 0 radical (unpaired) electrons. The van der Waals surface area contributed by atoms with Gasteiger partial charge in [-0.25, -0.2) is 18.4 Å². The minimum absolute atomic E-state index is 0.0935. The van der Waals surface area contributed by atoms with Crippen LogP contribution in [0.1, 0.15) is 6.42 Å². The summed E-state index contributed by atoms with van der Waals surface area (Å²) in [7, 11) is -2.90. The molecule has 0 amide bonds. The van der Waals surface area contributed by atoms with Crippen molar-refractivity contribution in [2.24, 2.45) is 0 Å². The fourth-order valence-electron chi connectivity index (χ4n) is 2.04. The number of nitrogens with zero attached hydrogens (tertiary/aromatic N) is 2. The lowest BCUT2D eigenvalue weighted by atomic mass is 10.2. The second-order valence-electron chi connectivity index (χ2n) is 4.22. The first-order valence-corrected chi connectivity index (χ1v) is 8.49. The molecular weight excluding hydrogens is 294 g/mol. The third-order valence-electron chi connectivity index (χ3n) is 2.87. The van der Waals surface area contributed by atoms with Gasteiger partial charge in [0.25, 0.3) is 0 Å². The van der Waals surface area contributed by atoms with E-state index in [-0.39, 0.29) is 22.8 Å². The van der Waals surface area contributed by atoms with E-state index in [0.29, 0.717) is 12.2 Å². The Kier molecular flexibility index (Phi) is 2.91. The molecule has 96 valence electrons. The molecule has 1 fully saturated rings. The van der Waals surface area contributed by atoms with E-state index in [1.165, 1.54) is 11.3 Å². The van der Waals surface area contributed by atoms with Crippen molar-refractivity contribution in [1.82, 2.24) is 9.97 Å². The van der Waals surface area contributed by atoms with E-state index >= 15 is 0 Å². The quantitative estimate of drug-likeness (QED) is 0.859. The minimum atomic E-state index is -2.90. The van der Waals surface area contributed by atoms with Crippen LogP contribution in [0.25, 0.3) is 10.2 Å². The number of nitrogens with one attached hydrogen (secondary N) is 1. The van der Waals surface area contributed by atoms with Crippen molar-refractivity contribution in [3.05, 3.63) is 16.7 Å². The summed E-state index contributed by atoms with van der Waals surface area (Å²) in [6.45, 7) is 0. The first-order valence-electron chi connectivity index (χ1n) is 5.41. The highest BCUT2D eigenvalue weighted by Gasteiger charge is 2.28. The Morgan fingerprint density at radius 1 is 1.44 bits per heavy atom. The first-order chi connectivity index (χ1) is 8.53. The second-order valence-corrected chi connectivity index (χ2v) is 7.69. The monoisotopic (exact) mass is 303 g/mol. The van der Waals surface area contributed by atoms with Crippen LogP contribution in [-0.4, -0.2) is 35.9 Å². The molecule has 8 heteroatoms. The maximum Gasteiger partial charge on any atom is 0.225 e. The van der Waals surface area contributed by atoms with Crippen LogP contribution in [0.15, 0.2) is 11.4 Å². The number of fused-ring (bicyclic) bond motifs is 1. The number of halogens is 1. The average molecular weight is 304 g/mol. The molecule has 3 rings (SSSR count). The van der Waals surface area contributed by atoms with Crippen LogP contribution in [0.5, 0.6) is 0 Å². The van der Waals surface area contributed by atoms with Gasteiger partial charge in [0.1, 0.15) is 10.6 Å².